The van der Waals surface area contributed by atoms with E-state index >= 15 is 0 Å². The van der Waals surface area contributed by atoms with E-state index < -0.39 is 0 Å². The summed E-state index contributed by atoms with van der Waals surface area (Å²) in [7, 11) is 0. The molecule has 1 N–H and O–H groups in total. The number of ether oxygens (including phenoxy) is 1. The number of carbonyl (C=O) groups is 1. The number of nitrogens with one attached hydrogen (secondary N) is 1. The van der Waals surface area contributed by atoms with Crippen molar-refractivity contribution in [3.63, 3.8) is 0 Å². The molecule has 0 aliphatic carbocycles. The molecule has 0 aliphatic rings. The van der Waals surface area contributed by atoms with Crippen LogP contribution in [0.2, 0.25) is 10.0 Å². The summed E-state index contributed by atoms with van der Waals surface area (Å²) < 4.78 is 5.79. The van der Waals surface area contributed by atoms with Crippen LogP contribution in [-0.2, 0) is 17.8 Å². The molecule has 122 valence electrons. The minimum Gasteiger partial charge on any atom is -0.487 e. The number of amides is 1. The van der Waals surface area contributed by atoms with Crippen LogP contribution in [-0.4, -0.2) is 5.91 Å². The molecule has 2 aromatic carbocycles. The molecule has 0 saturated carbocycles. The fraction of sp³-hybridized carbons (Fsp3) is 0.278. The highest BCUT2D eigenvalue weighted by Gasteiger charge is 2.11. The molecule has 2 rings (SSSR count). The van der Waals surface area contributed by atoms with E-state index in [0.717, 1.165) is 17.5 Å². The summed E-state index contributed by atoms with van der Waals surface area (Å²) in [4.78, 5) is 11.6. The number of rotatable bonds is 6. The third-order valence-corrected chi connectivity index (χ3v) is 4.14. The van der Waals surface area contributed by atoms with Crippen LogP contribution in [0.3, 0.4) is 0 Å². The Hall–Kier alpha value is -1.71. The van der Waals surface area contributed by atoms with Gasteiger partial charge in [-0.05, 0) is 36.2 Å². The molecule has 0 unspecified atom stereocenters. The van der Waals surface area contributed by atoms with Gasteiger partial charge in [0.05, 0.1) is 5.02 Å². The first-order valence-electron chi connectivity index (χ1n) is 7.53. The second kappa shape index (κ2) is 8.23. The van der Waals surface area contributed by atoms with Gasteiger partial charge in [-0.1, -0.05) is 49.2 Å². The van der Waals surface area contributed by atoms with E-state index in [1.807, 2.05) is 18.2 Å². The maximum Gasteiger partial charge on any atom is 0.224 e. The van der Waals surface area contributed by atoms with E-state index in [2.05, 4.69) is 12.2 Å². The smallest absolute Gasteiger partial charge is 0.224 e. The van der Waals surface area contributed by atoms with Crippen molar-refractivity contribution in [3.8, 4) is 5.75 Å². The lowest BCUT2D eigenvalue weighted by Gasteiger charge is -2.14. The molecule has 0 aliphatic heterocycles. The third kappa shape index (κ3) is 4.63. The lowest BCUT2D eigenvalue weighted by atomic mass is 10.1. The Morgan fingerprint density at radius 3 is 2.57 bits per heavy atom. The zero-order chi connectivity index (χ0) is 16.8. The number of carbonyl (C=O) groups excluding carboxylic acids is 1. The standard InChI is InChI=1S/C18H19Cl2NO2/c1-3-12-8-9-17(15(20)10-12)23-11-13-14(19)6-5-7-16(13)21-18(22)4-2/h5-10H,3-4,11H2,1-2H3,(H,21,22). The molecule has 3 nitrogen and oxygen atoms in total. The zero-order valence-electron chi connectivity index (χ0n) is 13.2. The van der Waals surface area contributed by atoms with Gasteiger partial charge in [0, 0.05) is 22.7 Å². The average molecular weight is 352 g/mol. The Kier molecular flexibility index (Phi) is 6.31. The van der Waals surface area contributed by atoms with Crippen molar-refractivity contribution in [2.24, 2.45) is 0 Å². The van der Waals surface area contributed by atoms with E-state index in [0.29, 0.717) is 27.9 Å². The molecule has 5 heteroatoms. The minimum atomic E-state index is -0.0705. The first-order valence-corrected chi connectivity index (χ1v) is 8.29. The van der Waals surface area contributed by atoms with Gasteiger partial charge in [-0.15, -0.1) is 0 Å². The van der Waals surface area contributed by atoms with Gasteiger partial charge in [0.2, 0.25) is 5.91 Å². The Morgan fingerprint density at radius 1 is 1.13 bits per heavy atom. The van der Waals surface area contributed by atoms with Crippen LogP contribution in [0.25, 0.3) is 0 Å². The SMILES string of the molecule is CCC(=O)Nc1cccc(Cl)c1COc1ccc(CC)cc1Cl. The molecule has 0 aromatic heterocycles. The molecule has 0 atom stereocenters. The van der Waals surface area contributed by atoms with Crippen molar-refractivity contribution in [2.75, 3.05) is 5.32 Å². The predicted molar refractivity (Wildman–Crippen MR) is 95.5 cm³/mol. The molecule has 0 heterocycles. The van der Waals surface area contributed by atoms with Gasteiger partial charge in [-0.3, -0.25) is 4.79 Å². The van der Waals surface area contributed by atoms with Crippen LogP contribution in [0.15, 0.2) is 36.4 Å². The highest BCUT2D eigenvalue weighted by Crippen LogP contribution is 2.30. The number of hydrogen-bond donors (Lipinski definition) is 1. The summed E-state index contributed by atoms with van der Waals surface area (Å²) in [5, 5.41) is 3.94. The van der Waals surface area contributed by atoms with Crippen molar-refractivity contribution in [1.29, 1.82) is 0 Å². The highest BCUT2D eigenvalue weighted by molar-refractivity contribution is 6.32. The van der Waals surface area contributed by atoms with Crippen molar-refractivity contribution >= 4 is 34.8 Å². The number of halogens is 2. The van der Waals surface area contributed by atoms with E-state index in [4.69, 9.17) is 27.9 Å². The largest absolute Gasteiger partial charge is 0.487 e. The molecule has 0 fully saturated rings. The van der Waals surface area contributed by atoms with Gasteiger partial charge in [0.1, 0.15) is 12.4 Å². The second-order valence-corrected chi connectivity index (χ2v) is 5.89. The molecular weight excluding hydrogens is 333 g/mol. The molecule has 0 spiro atoms. The summed E-state index contributed by atoms with van der Waals surface area (Å²) in [6.07, 6.45) is 1.31. The fourth-order valence-electron chi connectivity index (χ4n) is 2.09. The zero-order valence-corrected chi connectivity index (χ0v) is 14.7. The van der Waals surface area contributed by atoms with Crippen LogP contribution in [0.1, 0.15) is 31.4 Å². The summed E-state index contributed by atoms with van der Waals surface area (Å²) in [6.45, 7) is 4.09. The number of hydrogen-bond acceptors (Lipinski definition) is 2. The highest BCUT2D eigenvalue weighted by atomic mass is 35.5. The van der Waals surface area contributed by atoms with Gasteiger partial charge in [-0.2, -0.15) is 0 Å². The van der Waals surface area contributed by atoms with Crippen LogP contribution >= 0.6 is 23.2 Å². The topological polar surface area (TPSA) is 38.3 Å². The van der Waals surface area contributed by atoms with E-state index in [9.17, 15) is 4.79 Å². The summed E-state index contributed by atoms with van der Waals surface area (Å²) in [5.74, 6) is 0.524. The third-order valence-electron chi connectivity index (χ3n) is 3.49. The van der Waals surface area contributed by atoms with E-state index in [1.165, 1.54) is 0 Å². The van der Waals surface area contributed by atoms with Gasteiger partial charge in [0.15, 0.2) is 0 Å². The molecule has 0 bridgehead atoms. The summed E-state index contributed by atoms with van der Waals surface area (Å²) in [6, 6.07) is 11.1. The van der Waals surface area contributed by atoms with Gasteiger partial charge in [-0.25, -0.2) is 0 Å². The Bertz CT molecular complexity index is 701. The van der Waals surface area contributed by atoms with Crippen molar-refractivity contribution in [1.82, 2.24) is 0 Å². The first-order chi connectivity index (χ1) is 11.0. The first kappa shape index (κ1) is 17.6. The number of aryl methyl sites for hydroxylation is 1. The molecule has 0 radical (unpaired) electrons. The van der Waals surface area contributed by atoms with E-state index in [1.54, 1.807) is 25.1 Å². The van der Waals surface area contributed by atoms with Crippen LogP contribution in [0.5, 0.6) is 5.75 Å². The Morgan fingerprint density at radius 2 is 1.91 bits per heavy atom. The molecule has 1 amide bonds. The number of anilines is 1. The molecular formula is C18H19Cl2NO2. The second-order valence-electron chi connectivity index (χ2n) is 5.07. The average Bonchev–Trinajstić information content (AvgIpc) is 2.55. The fourth-order valence-corrected chi connectivity index (χ4v) is 2.58. The predicted octanol–water partition coefficient (Wildman–Crippen LogP) is 5.48. The maximum atomic E-state index is 11.6. The molecule has 2 aromatic rings. The van der Waals surface area contributed by atoms with E-state index in [-0.39, 0.29) is 12.5 Å². The van der Waals surface area contributed by atoms with Gasteiger partial charge >= 0.3 is 0 Å². The Balaban J connectivity index is 2.18. The monoisotopic (exact) mass is 351 g/mol. The van der Waals surface area contributed by atoms with Gasteiger partial charge in [0.25, 0.3) is 0 Å². The maximum absolute atomic E-state index is 11.6. The minimum absolute atomic E-state index is 0.0705. The molecule has 23 heavy (non-hydrogen) atoms. The normalized spacial score (nSPS) is 10.4. The molecule has 0 saturated heterocycles. The van der Waals surface area contributed by atoms with Crippen molar-refractivity contribution in [3.05, 3.63) is 57.6 Å². The van der Waals surface area contributed by atoms with Crippen LogP contribution in [0.4, 0.5) is 5.69 Å². The summed E-state index contributed by atoms with van der Waals surface area (Å²) >= 11 is 12.5. The van der Waals surface area contributed by atoms with Crippen LogP contribution in [0, 0.1) is 0 Å². The summed E-state index contributed by atoms with van der Waals surface area (Å²) in [5.41, 5.74) is 2.54. The lowest BCUT2D eigenvalue weighted by molar-refractivity contribution is -0.115. The lowest BCUT2D eigenvalue weighted by Crippen LogP contribution is -2.12. The number of benzene rings is 2. The van der Waals surface area contributed by atoms with Crippen LogP contribution < -0.4 is 10.1 Å². The van der Waals surface area contributed by atoms with Gasteiger partial charge < -0.3 is 10.1 Å². The Labute approximate surface area is 146 Å². The quantitative estimate of drug-likeness (QED) is 0.747. The van der Waals surface area contributed by atoms with Crippen molar-refractivity contribution in [2.45, 2.75) is 33.3 Å². The van der Waals surface area contributed by atoms with Crippen molar-refractivity contribution < 1.29 is 9.53 Å².